The lowest BCUT2D eigenvalue weighted by molar-refractivity contribution is 0.703. The predicted molar refractivity (Wildman–Crippen MR) is 70.0 cm³/mol. The molecule has 0 bridgehead atoms. The number of hydrogen-bond donors (Lipinski definition) is 2. The predicted octanol–water partition coefficient (Wildman–Crippen LogP) is 1.29. The molecule has 0 radical (unpaired) electrons. The highest BCUT2D eigenvalue weighted by molar-refractivity contribution is 6.28. The van der Waals surface area contributed by atoms with E-state index in [9.17, 15) is 0 Å². The number of fused-ring (bicyclic) bond motifs is 2. The summed E-state index contributed by atoms with van der Waals surface area (Å²) < 4.78 is 0. The second-order valence-electron chi connectivity index (χ2n) is 4.42. The minimum atomic E-state index is 0.213. The molecule has 3 aromatic rings. The molecule has 0 aliphatic carbocycles. The second kappa shape index (κ2) is 3.92. The van der Waals surface area contributed by atoms with Gasteiger partial charge in [-0.15, -0.1) is 0 Å². The van der Waals surface area contributed by atoms with Crippen molar-refractivity contribution in [1.82, 2.24) is 29.9 Å². The van der Waals surface area contributed by atoms with Crippen molar-refractivity contribution in [2.45, 2.75) is 13.0 Å². The van der Waals surface area contributed by atoms with E-state index >= 15 is 0 Å². The largest absolute Gasteiger partial charge is 0.348 e. The molecule has 0 aromatic carbocycles. The molecule has 0 atom stereocenters. The summed E-state index contributed by atoms with van der Waals surface area (Å²) in [6.45, 7) is 1.58. The van der Waals surface area contributed by atoms with Crippen molar-refractivity contribution in [3.8, 4) is 0 Å². The number of nitrogens with one attached hydrogen (secondary N) is 2. The number of rotatable bonds is 1. The van der Waals surface area contributed by atoms with Gasteiger partial charge in [-0.1, -0.05) is 0 Å². The van der Waals surface area contributed by atoms with Crippen molar-refractivity contribution in [3.05, 3.63) is 29.3 Å². The average molecular weight is 276 g/mol. The number of H-pyrrole nitrogens is 2. The first-order valence-corrected chi connectivity index (χ1v) is 6.32. The zero-order chi connectivity index (χ0) is 12.8. The lowest BCUT2D eigenvalue weighted by atomic mass is 10.1. The number of halogens is 1. The molecule has 96 valence electrons. The topological polar surface area (TPSA) is 86.4 Å². The molecule has 1 aliphatic rings. The molecule has 2 N–H and O–H groups in total. The van der Waals surface area contributed by atoms with Gasteiger partial charge in [0.05, 0.1) is 30.6 Å². The minimum Gasteiger partial charge on any atom is -0.348 e. The average Bonchev–Trinajstić information content (AvgIpc) is 3.04. The fourth-order valence-corrected chi connectivity index (χ4v) is 2.57. The van der Waals surface area contributed by atoms with Crippen LogP contribution in [0.1, 0.15) is 11.4 Å². The van der Waals surface area contributed by atoms with Crippen LogP contribution in [0.2, 0.25) is 5.28 Å². The highest BCUT2D eigenvalue weighted by atomic mass is 35.5. The third kappa shape index (κ3) is 1.66. The summed E-state index contributed by atoms with van der Waals surface area (Å²) in [6.07, 6.45) is 4.22. The number of aromatic nitrogens is 6. The Labute approximate surface area is 113 Å². The van der Waals surface area contributed by atoms with Crippen LogP contribution < -0.4 is 4.90 Å². The Kier molecular flexibility index (Phi) is 2.22. The molecule has 1 aliphatic heterocycles. The smallest absolute Gasteiger partial charge is 0.226 e. The van der Waals surface area contributed by atoms with Crippen molar-refractivity contribution in [1.29, 1.82) is 0 Å². The zero-order valence-electron chi connectivity index (χ0n) is 9.89. The Morgan fingerprint density at radius 1 is 1.16 bits per heavy atom. The van der Waals surface area contributed by atoms with Crippen LogP contribution in [0, 0.1) is 0 Å². The number of imidazole rings is 2. The molecule has 0 unspecified atom stereocenters. The number of aromatic amines is 2. The Balaban J connectivity index is 1.81. The molecule has 4 rings (SSSR count). The van der Waals surface area contributed by atoms with Crippen LogP contribution in [-0.2, 0) is 13.0 Å². The first-order chi connectivity index (χ1) is 9.31. The Hall–Kier alpha value is -2.15. The molecule has 3 aromatic heterocycles. The summed E-state index contributed by atoms with van der Waals surface area (Å²) in [7, 11) is 0. The summed E-state index contributed by atoms with van der Waals surface area (Å²) in [4.78, 5) is 25.2. The maximum absolute atomic E-state index is 5.96. The third-order valence-electron chi connectivity index (χ3n) is 3.31. The van der Waals surface area contributed by atoms with Crippen molar-refractivity contribution in [2.24, 2.45) is 0 Å². The monoisotopic (exact) mass is 275 g/mol. The number of nitrogens with zero attached hydrogens (tertiary/aromatic N) is 5. The normalized spacial score (nSPS) is 14.9. The van der Waals surface area contributed by atoms with Crippen LogP contribution in [-0.4, -0.2) is 36.4 Å². The first-order valence-electron chi connectivity index (χ1n) is 5.94. The van der Waals surface area contributed by atoms with Gasteiger partial charge in [0, 0.05) is 13.0 Å². The molecule has 19 heavy (non-hydrogen) atoms. The maximum atomic E-state index is 5.96. The summed E-state index contributed by atoms with van der Waals surface area (Å²) in [5, 5.41) is 0.213. The minimum absolute atomic E-state index is 0.213. The quantitative estimate of drug-likeness (QED) is 0.654. The molecule has 0 spiro atoms. The van der Waals surface area contributed by atoms with Crippen molar-refractivity contribution in [3.63, 3.8) is 0 Å². The molecular weight excluding hydrogens is 266 g/mol. The van der Waals surface area contributed by atoms with E-state index in [0.29, 0.717) is 5.65 Å². The molecule has 7 nitrogen and oxygen atoms in total. The SMILES string of the molecule is Clc1nc(N2CCc3nc[nH]c3C2)c2[nH]cnc2n1. The van der Waals surface area contributed by atoms with E-state index in [2.05, 4.69) is 34.8 Å². The summed E-state index contributed by atoms with van der Waals surface area (Å²) >= 11 is 5.96. The summed E-state index contributed by atoms with van der Waals surface area (Å²) in [5.41, 5.74) is 3.64. The van der Waals surface area contributed by atoms with E-state index in [1.54, 1.807) is 12.7 Å². The van der Waals surface area contributed by atoms with E-state index in [-0.39, 0.29) is 5.28 Å². The lowest BCUT2D eigenvalue weighted by Gasteiger charge is -2.27. The molecule has 4 heterocycles. The van der Waals surface area contributed by atoms with E-state index in [4.69, 9.17) is 11.6 Å². The second-order valence-corrected chi connectivity index (χ2v) is 4.75. The molecule has 0 saturated carbocycles. The first kappa shape index (κ1) is 10.7. The van der Waals surface area contributed by atoms with Gasteiger partial charge in [0.25, 0.3) is 0 Å². The fourth-order valence-electron chi connectivity index (χ4n) is 2.41. The van der Waals surface area contributed by atoms with Crippen molar-refractivity contribution < 1.29 is 0 Å². The van der Waals surface area contributed by atoms with E-state index in [0.717, 1.165) is 42.2 Å². The Morgan fingerprint density at radius 2 is 2.05 bits per heavy atom. The van der Waals surface area contributed by atoms with Gasteiger partial charge in [0.1, 0.15) is 5.52 Å². The van der Waals surface area contributed by atoms with Crippen LogP contribution in [0.25, 0.3) is 11.2 Å². The standard InChI is InChI=1S/C11H10ClN7/c12-11-17-9-8(15-5-16-9)10(18-11)19-2-1-6-7(3-19)14-4-13-6/h4-5H,1-3H2,(H,13,14)(H,15,16,17,18). The number of anilines is 1. The maximum Gasteiger partial charge on any atom is 0.226 e. The van der Waals surface area contributed by atoms with Gasteiger partial charge >= 0.3 is 0 Å². The van der Waals surface area contributed by atoms with Gasteiger partial charge in [-0.2, -0.15) is 9.97 Å². The molecule has 8 heteroatoms. The van der Waals surface area contributed by atoms with Gasteiger partial charge < -0.3 is 14.9 Å². The van der Waals surface area contributed by atoms with Crippen LogP contribution in [0.3, 0.4) is 0 Å². The van der Waals surface area contributed by atoms with Gasteiger partial charge in [-0.25, -0.2) is 9.97 Å². The van der Waals surface area contributed by atoms with E-state index in [1.807, 2.05) is 0 Å². The lowest BCUT2D eigenvalue weighted by Crippen LogP contribution is -2.31. The fraction of sp³-hybridized carbons (Fsp3) is 0.273. The van der Waals surface area contributed by atoms with Gasteiger partial charge in [-0.05, 0) is 11.6 Å². The molecular formula is C11H10ClN7. The highest BCUT2D eigenvalue weighted by Crippen LogP contribution is 2.26. The third-order valence-corrected chi connectivity index (χ3v) is 3.48. The van der Waals surface area contributed by atoms with E-state index in [1.165, 1.54) is 0 Å². The summed E-state index contributed by atoms with van der Waals surface area (Å²) in [5.74, 6) is 0.785. The Bertz CT molecular complexity index is 746. The van der Waals surface area contributed by atoms with Crippen LogP contribution in [0.4, 0.5) is 5.82 Å². The highest BCUT2D eigenvalue weighted by Gasteiger charge is 2.22. The number of hydrogen-bond acceptors (Lipinski definition) is 5. The van der Waals surface area contributed by atoms with Gasteiger partial charge in [0.2, 0.25) is 5.28 Å². The molecule has 0 fully saturated rings. The molecule has 0 saturated heterocycles. The van der Waals surface area contributed by atoms with Crippen LogP contribution >= 0.6 is 11.6 Å². The Morgan fingerprint density at radius 3 is 3.00 bits per heavy atom. The van der Waals surface area contributed by atoms with Crippen LogP contribution in [0.15, 0.2) is 12.7 Å². The zero-order valence-corrected chi connectivity index (χ0v) is 10.6. The van der Waals surface area contributed by atoms with Crippen molar-refractivity contribution in [2.75, 3.05) is 11.4 Å². The molecule has 0 amide bonds. The van der Waals surface area contributed by atoms with Gasteiger partial charge in [-0.3, -0.25) is 0 Å². The van der Waals surface area contributed by atoms with Gasteiger partial charge in [0.15, 0.2) is 11.5 Å². The van der Waals surface area contributed by atoms with E-state index < -0.39 is 0 Å². The van der Waals surface area contributed by atoms with Crippen LogP contribution in [0.5, 0.6) is 0 Å². The van der Waals surface area contributed by atoms with Crippen molar-refractivity contribution >= 4 is 28.6 Å². The summed E-state index contributed by atoms with van der Waals surface area (Å²) in [6, 6.07) is 0.